The molecular weight excluding hydrogens is 305 g/mol. The summed E-state index contributed by atoms with van der Waals surface area (Å²) < 4.78 is 13.4. The van der Waals surface area contributed by atoms with Crippen molar-refractivity contribution in [3.8, 4) is 0 Å². The highest BCUT2D eigenvalue weighted by Crippen LogP contribution is 2.36. The lowest BCUT2D eigenvalue weighted by Gasteiger charge is -2.27. The van der Waals surface area contributed by atoms with Crippen LogP contribution in [-0.2, 0) is 0 Å². The number of fused-ring (bicyclic) bond motifs is 1. The molecule has 116 valence electrons. The predicted molar refractivity (Wildman–Crippen MR) is 91.4 cm³/mol. The number of nitrogens with zero attached hydrogens (tertiary/aromatic N) is 1. The summed E-state index contributed by atoms with van der Waals surface area (Å²) in [7, 11) is 4.11. The maximum absolute atomic E-state index is 13.4. The van der Waals surface area contributed by atoms with E-state index in [4.69, 9.17) is 12.2 Å². The van der Waals surface area contributed by atoms with Gasteiger partial charge in [-0.3, -0.25) is 0 Å². The molecule has 1 atom stereocenters. The van der Waals surface area contributed by atoms with E-state index in [1.165, 1.54) is 6.07 Å². The van der Waals surface area contributed by atoms with Gasteiger partial charge < -0.3 is 15.5 Å². The Bertz CT molecular complexity index is 494. The second-order valence-corrected chi connectivity index (χ2v) is 6.97. The SMILES string of the molecule is CN(C)CCCNC(=S)N[C@H]1CCSc2ccc(F)cc21. The largest absolute Gasteiger partial charge is 0.363 e. The van der Waals surface area contributed by atoms with Gasteiger partial charge in [0.2, 0.25) is 0 Å². The van der Waals surface area contributed by atoms with E-state index in [1.54, 1.807) is 17.8 Å². The summed E-state index contributed by atoms with van der Waals surface area (Å²) in [6.07, 6.45) is 2.00. The van der Waals surface area contributed by atoms with Crippen molar-refractivity contribution >= 4 is 29.1 Å². The molecule has 0 saturated carbocycles. The predicted octanol–water partition coefficient (Wildman–Crippen LogP) is 2.78. The number of thioether (sulfide) groups is 1. The zero-order valence-electron chi connectivity index (χ0n) is 12.5. The topological polar surface area (TPSA) is 27.3 Å². The number of benzene rings is 1. The van der Waals surface area contributed by atoms with Gasteiger partial charge in [-0.2, -0.15) is 0 Å². The van der Waals surface area contributed by atoms with E-state index < -0.39 is 0 Å². The number of hydrogen-bond donors (Lipinski definition) is 2. The highest BCUT2D eigenvalue weighted by Gasteiger charge is 2.21. The fourth-order valence-electron chi connectivity index (χ4n) is 2.32. The maximum atomic E-state index is 13.4. The molecule has 1 aromatic carbocycles. The molecule has 0 bridgehead atoms. The van der Waals surface area contributed by atoms with Gasteiger partial charge in [-0.25, -0.2) is 4.39 Å². The van der Waals surface area contributed by atoms with Crippen molar-refractivity contribution in [2.75, 3.05) is 32.9 Å². The van der Waals surface area contributed by atoms with Gasteiger partial charge in [0.25, 0.3) is 0 Å². The smallest absolute Gasteiger partial charge is 0.166 e. The second-order valence-electron chi connectivity index (χ2n) is 5.43. The first-order valence-electron chi connectivity index (χ1n) is 7.17. The number of thiocarbonyl (C=S) groups is 1. The van der Waals surface area contributed by atoms with Crippen LogP contribution >= 0.6 is 24.0 Å². The van der Waals surface area contributed by atoms with Crippen molar-refractivity contribution in [1.29, 1.82) is 0 Å². The minimum absolute atomic E-state index is 0.103. The molecule has 0 radical (unpaired) electrons. The number of nitrogens with one attached hydrogen (secondary N) is 2. The highest BCUT2D eigenvalue weighted by molar-refractivity contribution is 7.99. The molecule has 0 spiro atoms. The molecule has 2 rings (SSSR count). The van der Waals surface area contributed by atoms with Crippen LogP contribution in [0.15, 0.2) is 23.1 Å². The van der Waals surface area contributed by atoms with E-state index in [9.17, 15) is 4.39 Å². The Kier molecular flexibility index (Phi) is 6.26. The van der Waals surface area contributed by atoms with Crippen LogP contribution in [-0.4, -0.2) is 43.0 Å². The molecule has 6 heteroatoms. The summed E-state index contributed by atoms with van der Waals surface area (Å²) in [6, 6.07) is 5.10. The van der Waals surface area contributed by atoms with E-state index in [0.717, 1.165) is 42.1 Å². The summed E-state index contributed by atoms with van der Waals surface area (Å²) in [5.74, 6) is 0.840. The Labute approximate surface area is 135 Å². The van der Waals surface area contributed by atoms with Crippen LogP contribution in [0.25, 0.3) is 0 Å². The van der Waals surface area contributed by atoms with Gasteiger partial charge in [-0.15, -0.1) is 11.8 Å². The van der Waals surface area contributed by atoms with Crippen LogP contribution in [0.4, 0.5) is 4.39 Å². The van der Waals surface area contributed by atoms with E-state index in [2.05, 4.69) is 29.6 Å². The van der Waals surface area contributed by atoms with Crippen LogP contribution in [0.1, 0.15) is 24.4 Å². The molecule has 1 aliphatic heterocycles. The molecular formula is C15H22FN3S2. The van der Waals surface area contributed by atoms with Gasteiger partial charge in [0.15, 0.2) is 5.11 Å². The van der Waals surface area contributed by atoms with Crippen molar-refractivity contribution in [3.63, 3.8) is 0 Å². The molecule has 0 unspecified atom stereocenters. The summed E-state index contributed by atoms with van der Waals surface area (Å²) in [4.78, 5) is 3.30. The standard InChI is InChI=1S/C15H22FN3S2/c1-19(2)8-3-7-17-15(20)18-13-6-9-21-14-5-4-11(16)10-12(13)14/h4-5,10,13H,3,6-9H2,1-2H3,(H2,17,18,20)/t13-/m0/s1. The van der Waals surface area contributed by atoms with Gasteiger partial charge in [-0.05, 0) is 69.5 Å². The van der Waals surface area contributed by atoms with Gasteiger partial charge in [-0.1, -0.05) is 0 Å². The molecule has 0 aliphatic carbocycles. The maximum Gasteiger partial charge on any atom is 0.166 e. The monoisotopic (exact) mass is 327 g/mol. The summed E-state index contributed by atoms with van der Waals surface area (Å²) in [6.45, 7) is 1.88. The average Bonchev–Trinajstić information content (AvgIpc) is 2.44. The minimum atomic E-state index is -0.187. The number of hydrogen-bond acceptors (Lipinski definition) is 3. The van der Waals surface area contributed by atoms with Crippen molar-refractivity contribution in [2.24, 2.45) is 0 Å². The minimum Gasteiger partial charge on any atom is -0.363 e. The highest BCUT2D eigenvalue weighted by atomic mass is 32.2. The quantitative estimate of drug-likeness (QED) is 0.641. The van der Waals surface area contributed by atoms with Crippen molar-refractivity contribution in [1.82, 2.24) is 15.5 Å². The molecule has 0 saturated heterocycles. The van der Waals surface area contributed by atoms with Gasteiger partial charge in [0.1, 0.15) is 5.82 Å². The van der Waals surface area contributed by atoms with Gasteiger partial charge >= 0.3 is 0 Å². The second kappa shape index (κ2) is 7.96. The van der Waals surface area contributed by atoms with E-state index in [-0.39, 0.29) is 11.9 Å². The summed E-state index contributed by atoms with van der Waals surface area (Å²) in [5, 5.41) is 7.19. The van der Waals surface area contributed by atoms with Crippen LogP contribution < -0.4 is 10.6 Å². The number of rotatable bonds is 5. The lowest BCUT2D eigenvalue weighted by Crippen LogP contribution is -2.39. The molecule has 0 amide bonds. The zero-order valence-corrected chi connectivity index (χ0v) is 14.1. The first kappa shape index (κ1) is 16.5. The summed E-state index contributed by atoms with van der Waals surface area (Å²) >= 11 is 7.12. The Morgan fingerprint density at radius 2 is 2.29 bits per heavy atom. The van der Waals surface area contributed by atoms with Crippen molar-refractivity contribution in [2.45, 2.75) is 23.8 Å². The third-order valence-corrected chi connectivity index (χ3v) is 4.77. The van der Waals surface area contributed by atoms with Gasteiger partial charge in [0.05, 0.1) is 6.04 Å². The molecule has 1 aliphatic rings. The Hall–Kier alpha value is -0.850. The van der Waals surface area contributed by atoms with Crippen LogP contribution in [0.5, 0.6) is 0 Å². The van der Waals surface area contributed by atoms with Crippen LogP contribution in [0, 0.1) is 5.82 Å². The normalized spacial score (nSPS) is 17.4. The molecule has 0 aromatic heterocycles. The first-order valence-corrected chi connectivity index (χ1v) is 8.57. The Morgan fingerprint density at radius 1 is 1.48 bits per heavy atom. The fourth-order valence-corrected chi connectivity index (χ4v) is 3.67. The fraction of sp³-hybridized carbons (Fsp3) is 0.533. The van der Waals surface area contributed by atoms with E-state index in [1.807, 2.05) is 6.07 Å². The third kappa shape index (κ3) is 5.13. The molecule has 0 fully saturated rings. The third-order valence-electron chi connectivity index (χ3n) is 3.38. The molecule has 21 heavy (non-hydrogen) atoms. The van der Waals surface area contributed by atoms with E-state index >= 15 is 0 Å². The van der Waals surface area contributed by atoms with Crippen molar-refractivity contribution < 1.29 is 4.39 Å². The molecule has 1 heterocycles. The lowest BCUT2D eigenvalue weighted by atomic mass is 10.0. The first-order chi connectivity index (χ1) is 10.1. The Balaban J connectivity index is 1.86. The molecule has 2 N–H and O–H groups in total. The van der Waals surface area contributed by atoms with Crippen LogP contribution in [0.2, 0.25) is 0 Å². The summed E-state index contributed by atoms with van der Waals surface area (Å²) in [5.41, 5.74) is 1.02. The number of halogens is 1. The van der Waals surface area contributed by atoms with Gasteiger partial charge in [0, 0.05) is 17.2 Å². The lowest BCUT2D eigenvalue weighted by molar-refractivity contribution is 0.399. The zero-order chi connectivity index (χ0) is 15.2. The van der Waals surface area contributed by atoms with Crippen molar-refractivity contribution in [3.05, 3.63) is 29.6 Å². The average molecular weight is 327 g/mol. The van der Waals surface area contributed by atoms with E-state index in [0.29, 0.717) is 5.11 Å². The van der Waals surface area contributed by atoms with Crippen LogP contribution in [0.3, 0.4) is 0 Å². The molecule has 3 nitrogen and oxygen atoms in total. The Morgan fingerprint density at radius 3 is 3.05 bits per heavy atom. The molecule has 1 aromatic rings.